The van der Waals surface area contributed by atoms with Gasteiger partial charge in [-0.3, -0.25) is 4.79 Å². The fourth-order valence-electron chi connectivity index (χ4n) is 2.27. The van der Waals surface area contributed by atoms with E-state index in [1.165, 1.54) is 0 Å². The van der Waals surface area contributed by atoms with Crippen LogP contribution in [0.15, 0.2) is 35.7 Å². The highest BCUT2D eigenvalue weighted by Crippen LogP contribution is 2.21. The van der Waals surface area contributed by atoms with Gasteiger partial charge in [-0.05, 0) is 13.8 Å². The Kier molecular flexibility index (Phi) is 4.83. The molecular formula is C17H17N3OS2. The predicted molar refractivity (Wildman–Crippen MR) is 95.2 cm³/mol. The van der Waals surface area contributed by atoms with E-state index in [-0.39, 0.29) is 5.91 Å². The van der Waals surface area contributed by atoms with Gasteiger partial charge in [0.2, 0.25) is 0 Å². The molecule has 0 aliphatic rings. The number of thiazole rings is 2. The number of carbonyl (C=O) groups excluding carboxylic acids is 1. The molecule has 0 saturated heterocycles. The van der Waals surface area contributed by atoms with Crippen molar-refractivity contribution in [2.45, 2.75) is 20.3 Å². The maximum absolute atomic E-state index is 12.1. The van der Waals surface area contributed by atoms with Gasteiger partial charge in [0.1, 0.15) is 5.69 Å². The molecule has 0 bridgehead atoms. The number of aromatic nitrogens is 2. The highest BCUT2D eigenvalue weighted by atomic mass is 32.1. The molecule has 1 aromatic carbocycles. The van der Waals surface area contributed by atoms with Crippen molar-refractivity contribution in [1.29, 1.82) is 0 Å². The Morgan fingerprint density at radius 3 is 2.65 bits per heavy atom. The van der Waals surface area contributed by atoms with Gasteiger partial charge in [-0.1, -0.05) is 30.3 Å². The molecule has 3 aromatic rings. The second kappa shape index (κ2) is 7.02. The molecule has 1 amide bonds. The van der Waals surface area contributed by atoms with Gasteiger partial charge in [0.25, 0.3) is 5.91 Å². The molecular weight excluding hydrogens is 326 g/mol. The van der Waals surface area contributed by atoms with Crippen molar-refractivity contribution >= 4 is 28.6 Å². The van der Waals surface area contributed by atoms with E-state index in [0.717, 1.165) is 32.6 Å². The van der Waals surface area contributed by atoms with E-state index in [9.17, 15) is 4.79 Å². The van der Waals surface area contributed by atoms with Gasteiger partial charge in [-0.15, -0.1) is 22.7 Å². The second-order valence-electron chi connectivity index (χ2n) is 5.14. The lowest BCUT2D eigenvalue weighted by Crippen LogP contribution is -2.26. The fourth-order valence-corrected chi connectivity index (χ4v) is 3.90. The zero-order chi connectivity index (χ0) is 16.2. The number of nitrogens with one attached hydrogen (secondary N) is 1. The van der Waals surface area contributed by atoms with Crippen LogP contribution >= 0.6 is 22.7 Å². The van der Waals surface area contributed by atoms with Gasteiger partial charge < -0.3 is 5.32 Å². The molecule has 2 heterocycles. The standard InChI is InChI=1S/C17H17N3OS2/c1-11-16(19-12(2)23-11)17(21)18-9-8-15-20-14(10-22-15)13-6-4-3-5-7-13/h3-7,10H,8-9H2,1-2H3,(H,18,21). The molecule has 0 aliphatic carbocycles. The van der Waals surface area contributed by atoms with Crippen LogP contribution in [-0.2, 0) is 6.42 Å². The zero-order valence-corrected chi connectivity index (χ0v) is 14.6. The minimum Gasteiger partial charge on any atom is -0.350 e. The number of aryl methyl sites for hydroxylation is 2. The lowest BCUT2D eigenvalue weighted by Gasteiger charge is -2.02. The lowest BCUT2D eigenvalue weighted by molar-refractivity contribution is 0.0949. The normalized spacial score (nSPS) is 10.7. The summed E-state index contributed by atoms with van der Waals surface area (Å²) in [5.41, 5.74) is 2.65. The Hall–Kier alpha value is -2.05. The van der Waals surface area contributed by atoms with Crippen LogP contribution in [0.2, 0.25) is 0 Å². The molecule has 0 radical (unpaired) electrons. The van der Waals surface area contributed by atoms with Crippen molar-refractivity contribution < 1.29 is 4.79 Å². The van der Waals surface area contributed by atoms with E-state index >= 15 is 0 Å². The van der Waals surface area contributed by atoms with E-state index in [4.69, 9.17) is 0 Å². The number of benzene rings is 1. The zero-order valence-electron chi connectivity index (χ0n) is 13.0. The monoisotopic (exact) mass is 343 g/mol. The maximum Gasteiger partial charge on any atom is 0.271 e. The van der Waals surface area contributed by atoms with E-state index in [1.54, 1.807) is 22.7 Å². The maximum atomic E-state index is 12.1. The van der Waals surface area contributed by atoms with E-state index in [2.05, 4.69) is 20.7 Å². The molecule has 1 N–H and O–H groups in total. The van der Waals surface area contributed by atoms with Crippen LogP contribution in [0.1, 0.15) is 25.4 Å². The lowest BCUT2D eigenvalue weighted by atomic mass is 10.2. The molecule has 6 heteroatoms. The van der Waals surface area contributed by atoms with Crippen LogP contribution in [0.4, 0.5) is 0 Å². The average molecular weight is 343 g/mol. The Morgan fingerprint density at radius 1 is 1.17 bits per heavy atom. The Morgan fingerprint density at radius 2 is 1.96 bits per heavy atom. The second-order valence-corrected chi connectivity index (χ2v) is 7.49. The predicted octanol–water partition coefficient (Wildman–Crippen LogP) is 3.86. The van der Waals surface area contributed by atoms with Gasteiger partial charge in [0.05, 0.1) is 15.7 Å². The summed E-state index contributed by atoms with van der Waals surface area (Å²) < 4.78 is 0. The Labute approximate surface area is 143 Å². The molecule has 23 heavy (non-hydrogen) atoms. The van der Waals surface area contributed by atoms with Crippen molar-refractivity contribution in [2.75, 3.05) is 6.54 Å². The quantitative estimate of drug-likeness (QED) is 0.765. The molecule has 0 unspecified atom stereocenters. The van der Waals surface area contributed by atoms with Gasteiger partial charge >= 0.3 is 0 Å². The first-order valence-electron chi connectivity index (χ1n) is 7.35. The number of hydrogen-bond acceptors (Lipinski definition) is 5. The van der Waals surface area contributed by atoms with Crippen LogP contribution in [0.25, 0.3) is 11.3 Å². The van der Waals surface area contributed by atoms with Crippen molar-refractivity contribution in [3.8, 4) is 11.3 Å². The number of carbonyl (C=O) groups is 1. The van der Waals surface area contributed by atoms with Gasteiger partial charge in [-0.25, -0.2) is 9.97 Å². The summed E-state index contributed by atoms with van der Waals surface area (Å²) >= 11 is 3.17. The summed E-state index contributed by atoms with van der Waals surface area (Å²) in [5.74, 6) is -0.105. The van der Waals surface area contributed by atoms with E-state index in [0.29, 0.717) is 12.2 Å². The van der Waals surface area contributed by atoms with E-state index < -0.39 is 0 Å². The van der Waals surface area contributed by atoms with Gasteiger partial charge in [0, 0.05) is 28.8 Å². The van der Waals surface area contributed by atoms with Crippen molar-refractivity contribution in [3.63, 3.8) is 0 Å². The van der Waals surface area contributed by atoms with Crippen LogP contribution in [0, 0.1) is 13.8 Å². The summed E-state index contributed by atoms with van der Waals surface area (Å²) in [7, 11) is 0. The summed E-state index contributed by atoms with van der Waals surface area (Å²) in [5, 5.41) is 6.92. The third-order valence-electron chi connectivity index (χ3n) is 3.36. The van der Waals surface area contributed by atoms with E-state index in [1.807, 2.05) is 44.2 Å². The summed E-state index contributed by atoms with van der Waals surface area (Å²) in [6.07, 6.45) is 0.728. The first kappa shape index (κ1) is 15.8. The smallest absolute Gasteiger partial charge is 0.271 e. The third-order valence-corrected chi connectivity index (χ3v) is 5.16. The molecule has 0 saturated carbocycles. The topological polar surface area (TPSA) is 54.9 Å². The number of amides is 1. The first-order valence-corrected chi connectivity index (χ1v) is 9.05. The minimum absolute atomic E-state index is 0.105. The van der Waals surface area contributed by atoms with Gasteiger partial charge in [0.15, 0.2) is 0 Å². The van der Waals surface area contributed by atoms with Crippen molar-refractivity contribution in [3.05, 3.63) is 56.3 Å². The fraction of sp³-hybridized carbons (Fsp3) is 0.235. The largest absolute Gasteiger partial charge is 0.350 e. The number of rotatable bonds is 5. The van der Waals surface area contributed by atoms with Crippen LogP contribution in [0.3, 0.4) is 0 Å². The molecule has 3 rings (SSSR count). The molecule has 4 nitrogen and oxygen atoms in total. The van der Waals surface area contributed by atoms with Crippen LogP contribution < -0.4 is 5.32 Å². The van der Waals surface area contributed by atoms with Crippen molar-refractivity contribution in [2.24, 2.45) is 0 Å². The molecule has 118 valence electrons. The molecule has 0 fully saturated rings. The summed E-state index contributed by atoms with van der Waals surface area (Å²) in [6.45, 7) is 4.40. The molecule has 2 aromatic heterocycles. The Balaban J connectivity index is 1.56. The van der Waals surface area contributed by atoms with Crippen molar-refractivity contribution in [1.82, 2.24) is 15.3 Å². The number of nitrogens with zero attached hydrogens (tertiary/aromatic N) is 2. The summed E-state index contributed by atoms with van der Waals surface area (Å²) in [4.78, 5) is 22.0. The first-order chi connectivity index (χ1) is 11.1. The SMILES string of the molecule is Cc1nc(C(=O)NCCc2nc(-c3ccccc3)cs2)c(C)s1. The third kappa shape index (κ3) is 3.83. The molecule has 0 aliphatic heterocycles. The molecule has 0 atom stereocenters. The highest BCUT2D eigenvalue weighted by molar-refractivity contribution is 7.11. The number of hydrogen-bond donors (Lipinski definition) is 1. The highest BCUT2D eigenvalue weighted by Gasteiger charge is 2.13. The van der Waals surface area contributed by atoms with Gasteiger partial charge in [-0.2, -0.15) is 0 Å². The Bertz CT molecular complexity index is 808. The van der Waals surface area contributed by atoms with Crippen LogP contribution in [-0.4, -0.2) is 22.4 Å². The summed E-state index contributed by atoms with van der Waals surface area (Å²) in [6, 6.07) is 10.1. The molecule has 0 spiro atoms. The minimum atomic E-state index is -0.105. The van der Waals surface area contributed by atoms with Crippen LogP contribution in [0.5, 0.6) is 0 Å². The average Bonchev–Trinajstić information content (AvgIpc) is 3.14.